The molecular weight excluding hydrogens is 260 g/mol. The first kappa shape index (κ1) is 12.7. The minimum absolute atomic E-state index is 0.616. The van der Waals surface area contributed by atoms with Crippen molar-refractivity contribution in [2.45, 2.75) is 56.5 Å². The average molecular weight is 280 g/mol. The highest BCUT2D eigenvalue weighted by Gasteiger charge is 2.24. The fourth-order valence-electron chi connectivity index (χ4n) is 3.13. The molecule has 0 amide bonds. The molecule has 1 aliphatic carbocycles. The standard InChI is InChI=1S/C14H20N2S2/c1-2-9-3-5-10(6-4-9)13-15-12-8-18-7-11(12)14(17)16-13/h9-10H,2-8H2,1H3,(H,15,16,17). The summed E-state index contributed by atoms with van der Waals surface area (Å²) < 4.78 is 0.848. The number of hydrogen-bond donors (Lipinski definition) is 1. The van der Waals surface area contributed by atoms with Gasteiger partial charge in [-0.15, -0.1) is 0 Å². The minimum atomic E-state index is 0.616. The lowest BCUT2D eigenvalue weighted by Gasteiger charge is -2.27. The number of hydrogen-bond acceptors (Lipinski definition) is 3. The van der Waals surface area contributed by atoms with Crippen molar-refractivity contribution in [3.05, 3.63) is 21.7 Å². The number of aromatic amines is 1. The smallest absolute Gasteiger partial charge is 0.134 e. The molecule has 1 saturated carbocycles. The molecule has 1 aromatic rings. The van der Waals surface area contributed by atoms with E-state index in [4.69, 9.17) is 12.2 Å². The second kappa shape index (κ2) is 5.33. The zero-order valence-electron chi connectivity index (χ0n) is 10.9. The lowest BCUT2D eigenvalue weighted by Crippen LogP contribution is -2.15. The van der Waals surface area contributed by atoms with Gasteiger partial charge in [-0.2, -0.15) is 11.8 Å². The lowest BCUT2D eigenvalue weighted by atomic mass is 9.80. The molecule has 0 radical (unpaired) electrons. The van der Waals surface area contributed by atoms with Crippen LogP contribution in [0.4, 0.5) is 0 Å². The third-order valence-corrected chi connectivity index (χ3v) is 5.75. The monoisotopic (exact) mass is 280 g/mol. The summed E-state index contributed by atoms with van der Waals surface area (Å²) in [5, 5.41) is 0. The van der Waals surface area contributed by atoms with Crippen molar-refractivity contribution >= 4 is 24.0 Å². The molecule has 1 aromatic heterocycles. The van der Waals surface area contributed by atoms with Crippen LogP contribution in [0, 0.1) is 10.6 Å². The van der Waals surface area contributed by atoms with Gasteiger partial charge in [0.15, 0.2) is 0 Å². The maximum Gasteiger partial charge on any atom is 0.134 e. The lowest BCUT2D eigenvalue weighted by molar-refractivity contribution is 0.311. The van der Waals surface area contributed by atoms with Crippen LogP contribution in [0.1, 0.15) is 62.0 Å². The first-order chi connectivity index (χ1) is 8.78. The van der Waals surface area contributed by atoms with Crippen LogP contribution in [0.15, 0.2) is 0 Å². The molecule has 0 unspecified atom stereocenters. The van der Waals surface area contributed by atoms with Gasteiger partial charge in [0, 0.05) is 28.7 Å². The Hall–Kier alpha value is -0.350. The van der Waals surface area contributed by atoms with Crippen LogP contribution in [0.25, 0.3) is 0 Å². The quantitative estimate of drug-likeness (QED) is 0.804. The zero-order valence-corrected chi connectivity index (χ0v) is 12.5. The molecule has 0 spiro atoms. The topological polar surface area (TPSA) is 28.7 Å². The Labute approximate surface area is 118 Å². The largest absolute Gasteiger partial charge is 0.346 e. The van der Waals surface area contributed by atoms with E-state index in [1.165, 1.54) is 43.4 Å². The van der Waals surface area contributed by atoms with Crippen LogP contribution in [-0.2, 0) is 11.5 Å². The summed E-state index contributed by atoms with van der Waals surface area (Å²) in [5.74, 6) is 4.84. The first-order valence-electron chi connectivity index (χ1n) is 6.97. The van der Waals surface area contributed by atoms with Gasteiger partial charge < -0.3 is 4.98 Å². The van der Waals surface area contributed by atoms with Gasteiger partial charge in [-0.05, 0) is 31.6 Å². The van der Waals surface area contributed by atoms with Crippen LogP contribution < -0.4 is 0 Å². The summed E-state index contributed by atoms with van der Waals surface area (Å²) >= 11 is 7.38. The summed E-state index contributed by atoms with van der Waals surface area (Å²) in [5.41, 5.74) is 2.62. The van der Waals surface area contributed by atoms with E-state index in [1.54, 1.807) is 0 Å². The Morgan fingerprint density at radius 1 is 1.28 bits per heavy atom. The number of rotatable bonds is 2. The Morgan fingerprint density at radius 2 is 2.06 bits per heavy atom. The Bertz CT molecular complexity index is 487. The molecule has 18 heavy (non-hydrogen) atoms. The number of thioether (sulfide) groups is 1. The molecular formula is C14H20N2S2. The third kappa shape index (κ3) is 2.37. The first-order valence-corrected chi connectivity index (χ1v) is 8.54. The fraction of sp³-hybridized carbons (Fsp3) is 0.714. The fourth-order valence-corrected chi connectivity index (χ4v) is 4.58. The van der Waals surface area contributed by atoms with E-state index in [1.807, 2.05) is 11.8 Å². The summed E-state index contributed by atoms with van der Waals surface area (Å²) in [6, 6.07) is 0. The number of nitrogens with one attached hydrogen (secondary N) is 1. The molecule has 0 atom stereocenters. The maximum absolute atomic E-state index is 5.44. The van der Waals surface area contributed by atoms with Crippen molar-refractivity contribution in [1.29, 1.82) is 0 Å². The van der Waals surface area contributed by atoms with E-state index in [0.717, 1.165) is 27.9 Å². The molecule has 0 aromatic carbocycles. The van der Waals surface area contributed by atoms with Gasteiger partial charge in [-0.3, -0.25) is 0 Å². The molecule has 4 heteroatoms. The van der Waals surface area contributed by atoms with Crippen LogP contribution in [0.5, 0.6) is 0 Å². The van der Waals surface area contributed by atoms with Crippen molar-refractivity contribution in [2.24, 2.45) is 5.92 Å². The van der Waals surface area contributed by atoms with E-state index < -0.39 is 0 Å². The normalized spacial score (nSPS) is 27.2. The van der Waals surface area contributed by atoms with Crippen LogP contribution >= 0.6 is 24.0 Å². The summed E-state index contributed by atoms with van der Waals surface area (Å²) in [4.78, 5) is 8.23. The number of nitrogens with zero attached hydrogens (tertiary/aromatic N) is 1. The van der Waals surface area contributed by atoms with E-state index in [0.29, 0.717) is 5.92 Å². The van der Waals surface area contributed by atoms with Crippen LogP contribution in [0.2, 0.25) is 0 Å². The highest BCUT2D eigenvalue weighted by atomic mass is 32.2. The van der Waals surface area contributed by atoms with Gasteiger partial charge in [-0.1, -0.05) is 25.6 Å². The van der Waals surface area contributed by atoms with Gasteiger partial charge in [0.2, 0.25) is 0 Å². The molecule has 1 N–H and O–H groups in total. The van der Waals surface area contributed by atoms with Gasteiger partial charge >= 0.3 is 0 Å². The van der Waals surface area contributed by atoms with Crippen molar-refractivity contribution < 1.29 is 0 Å². The van der Waals surface area contributed by atoms with Crippen molar-refractivity contribution in [3.8, 4) is 0 Å². The third-order valence-electron chi connectivity index (χ3n) is 4.43. The number of H-pyrrole nitrogens is 1. The number of fused-ring (bicyclic) bond motifs is 1. The SMILES string of the molecule is CCC1CCC(c2nc(=S)c3c([nH]2)CSC3)CC1. The van der Waals surface area contributed by atoms with Gasteiger partial charge in [-0.25, -0.2) is 4.98 Å². The molecule has 3 rings (SSSR count). The average Bonchev–Trinajstić information content (AvgIpc) is 2.88. The second-order valence-electron chi connectivity index (χ2n) is 5.50. The molecule has 2 heterocycles. The molecule has 1 aliphatic heterocycles. The maximum atomic E-state index is 5.44. The van der Waals surface area contributed by atoms with E-state index in [9.17, 15) is 0 Å². The van der Waals surface area contributed by atoms with Gasteiger partial charge in [0.1, 0.15) is 10.5 Å². The Morgan fingerprint density at radius 3 is 2.78 bits per heavy atom. The Kier molecular flexibility index (Phi) is 3.76. The van der Waals surface area contributed by atoms with Crippen molar-refractivity contribution in [3.63, 3.8) is 0 Å². The van der Waals surface area contributed by atoms with E-state index in [2.05, 4.69) is 16.9 Å². The van der Waals surface area contributed by atoms with Gasteiger partial charge in [0.25, 0.3) is 0 Å². The molecule has 0 saturated heterocycles. The highest BCUT2D eigenvalue weighted by molar-refractivity contribution is 7.98. The predicted octanol–water partition coefficient (Wildman–Crippen LogP) is 4.57. The van der Waals surface area contributed by atoms with Crippen molar-refractivity contribution in [2.75, 3.05) is 0 Å². The molecule has 0 bridgehead atoms. The molecule has 98 valence electrons. The molecule has 2 nitrogen and oxygen atoms in total. The molecule has 2 aliphatic rings. The zero-order chi connectivity index (χ0) is 12.5. The molecule has 1 fully saturated rings. The van der Waals surface area contributed by atoms with Crippen LogP contribution in [0.3, 0.4) is 0 Å². The summed E-state index contributed by atoms with van der Waals surface area (Å²) in [6.07, 6.45) is 6.60. The Balaban J connectivity index is 1.81. The van der Waals surface area contributed by atoms with E-state index >= 15 is 0 Å². The summed E-state index contributed by atoms with van der Waals surface area (Å²) in [6.45, 7) is 2.31. The van der Waals surface area contributed by atoms with E-state index in [-0.39, 0.29) is 0 Å². The summed E-state index contributed by atoms with van der Waals surface area (Å²) in [7, 11) is 0. The number of aromatic nitrogens is 2. The minimum Gasteiger partial charge on any atom is -0.346 e. The van der Waals surface area contributed by atoms with Crippen molar-refractivity contribution in [1.82, 2.24) is 9.97 Å². The van der Waals surface area contributed by atoms with Gasteiger partial charge in [0.05, 0.1) is 0 Å². The van der Waals surface area contributed by atoms with Crippen LogP contribution in [-0.4, -0.2) is 9.97 Å². The predicted molar refractivity (Wildman–Crippen MR) is 79.4 cm³/mol. The second-order valence-corrected chi connectivity index (χ2v) is 6.88. The highest BCUT2D eigenvalue weighted by Crippen LogP contribution is 2.37.